The average molecular weight is 476 g/mol. The van der Waals surface area contributed by atoms with Gasteiger partial charge in [-0.2, -0.15) is 13.2 Å². The number of amides is 1. The van der Waals surface area contributed by atoms with Gasteiger partial charge in [0, 0.05) is 44.6 Å². The topological polar surface area (TPSA) is 70.6 Å². The highest BCUT2D eigenvalue weighted by atomic mass is 19.4. The van der Waals surface area contributed by atoms with Crippen molar-refractivity contribution in [1.29, 1.82) is 0 Å². The molecule has 5 rings (SSSR count). The van der Waals surface area contributed by atoms with Gasteiger partial charge in [-0.3, -0.25) is 14.7 Å². The Kier molecular flexibility index (Phi) is 6.20. The zero-order valence-corrected chi connectivity index (χ0v) is 19.0. The van der Waals surface area contributed by atoms with Crippen LogP contribution >= 0.6 is 0 Å². The van der Waals surface area contributed by atoms with E-state index in [1.165, 1.54) is 25.0 Å². The second kappa shape index (κ2) is 9.14. The first-order valence-corrected chi connectivity index (χ1v) is 11.7. The first-order valence-electron chi connectivity index (χ1n) is 11.7. The zero-order valence-electron chi connectivity index (χ0n) is 19.0. The number of rotatable bonds is 6. The van der Waals surface area contributed by atoms with E-state index in [0.29, 0.717) is 30.5 Å². The minimum absolute atomic E-state index is 0.0175. The van der Waals surface area contributed by atoms with Gasteiger partial charge < -0.3 is 15.0 Å². The molecule has 1 amide bonds. The van der Waals surface area contributed by atoms with Crippen molar-refractivity contribution in [3.05, 3.63) is 53.5 Å². The molecule has 34 heavy (non-hydrogen) atoms. The third-order valence-electron chi connectivity index (χ3n) is 6.93. The molecular formula is C24H28F3N5O2. The van der Waals surface area contributed by atoms with Crippen molar-refractivity contribution >= 4 is 5.91 Å². The van der Waals surface area contributed by atoms with Crippen molar-refractivity contribution < 1.29 is 22.7 Å². The number of nitrogens with zero attached hydrogens (tertiary/aromatic N) is 4. The number of piperazine rings is 1. The van der Waals surface area contributed by atoms with Gasteiger partial charge in [0.25, 0.3) is 0 Å². The highest BCUT2D eigenvalue weighted by Crippen LogP contribution is 2.38. The number of fused-ring (bicyclic) bond motifs is 1. The lowest BCUT2D eigenvalue weighted by atomic mass is 10.0. The molecule has 0 unspecified atom stereocenters. The van der Waals surface area contributed by atoms with Gasteiger partial charge in [0.1, 0.15) is 12.1 Å². The van der Waals surface area contributed by atoms with E-state index < -0.39 is 17.8 Å². The summed E-state index contributed by atoms with van der Waals surface area (Å²) in [6.45, 7) is 2.62. The number of alkyl halides is 3. The molecule has 0 bridgehead atoms. The fraction of sp³-hybridized carbons (Fsp3) is 0.542. The summed E-state index contributed by atoms with van der Waals surface area (Å²) >= 11 is 0. The monoisotopic (exact) mass is 475 g/mol. The van der Waals surface area contributed by atoms with E-state index >= 15 is 0 Å². The first-order chi connectivity index (χ1) is 16.3. The number of likely N-dealkylation sites (N-methyl/N-ethyl adjacent to an activating group) is 1. The first kappa shape index (κ1) is 23.0. The second-order valence-corrected chi connectivity index (χ2v) is 9.30. The predicted octanol–water partition coefficient (Wildman–Crippen LogP) is 3.00. The van der Waals surface area contributed by atoms with E-state index in [9.17, 15) is 18.0 Å². The Balaban J connectivity index is 1.19. The Labute approximate surface area is 196 Å². The molecule has 2 saturated heterocycles. The van der Waals surface area contributed by atoms with Gasteiger partial charge in [-0.15, -0.1) is 0 Å². The lowest BCUT2D eigenvalue weighted by Gasteiger charge is -2.38. The lowest BCUT2D eigenvalue weighted by molar-refractivity contribution is -0.137. The molecular weight excluding hydrogens is 447 g/mol. The van der Waals surface area contributed by atoms with E-state index in [0.717, 1.165) is 37.3 Å². The summed E-state index contributed by atoms with van der Waals surface area (Å²) in [6.07, 6.45) is 2.21. The fourth-order valence-corrected chi connectivity index (χ4v) is 4.91. The third kappa shape index (κ3) is 4.88. The Morgan fingerprint density at radius 1 is 1.12 bits per heavy atom. The molecule has 10 heteroatoms. The summed E-state index contributed by atoms with van der Waals surface area (Å²) in [6, 6.07) is 4.25. The number of nitrogens with one attached hydrogen (secondary N) is 1. The molecule has 1 N–H and O–H groups in total. The van der Waals surface area contributed by atoms with Crippen LogP contribution in [-0.2, 0) is 11.0 Å². The maximum atomic E-state index is 13.2. The van der Waals surface area contributed by atoms with Crippen molar-refractivity contribution in [2.75, 3.05) is 33.2 Å². The van der Waals surface area contributed by atoms with E-state index in [2.05, 4.69) is 20.2 Å². The van der Waals surface area contributed by atoms with Crippen LogP contribution in [0.25, 0.3) is 0 Å². The molecule has 0 spiro atoms. The number of aromatic nitrogens is 2. The van der Waals surface area contributed by atoms with E-state index in [1.807, 2.05) is 0 Å². The number of ether oxygens (including phenoxy) is 1. The summed E-state index contributed by atoms with van der Waals surface area (Å²) in [5.74, 6) is 0.946. The summed E-state index contributed by atoms with van der Waals surface area (Å²) in [4.78, 5) is 26.2. The minimum atomic E-state index is -4.40. The molecule has 2 aromatic rings. The van der Waals surface area contributed by atoms with Crippen molar-refractivity contribution in [3.63, 3.8) is 0 Å². The second-order valence-electron chi connectivity index (χ2n) is 9.30. The standard InChI is InChI=1S/C24H28F3N5O2/c1-28-22(16-4-6-17(7-5-16)24(25,26)27)23(33)32-9-8-31-14-19(10-18(31)13-32)34-21-12-29-20(11-30-21)15-2-3-15/h4-7,11-12,15,18-19,22,28H,2-3,8-10,13-14H2,1H3/t18-,19+,22+/m0/s1. The Morgan fingerprint density at radius 3 is 2.50 bits per heavy atom. The molecule has 1 aliphatic carbocycles. The Bertz CT molecular complexity index is 1010. The summed E-state index contributed by atoms with van der Waals surface area (Å²) in [5.41, 5.74) is 0.817. The minimum Gasteiger partial charge on any atom is -0.472 e. The van der Waals surface area contributed by atoms with Gasteiger partial charge in [-0.1, -0.05) is 12.1 Å². The SMILES string of the molecule is CN[C@@H](C(=O)N1CCN2C[C@H](Oc3cnc(C4CC4)cn3)C[C@H]2C1)c1ccc(C(F)(F)F)cc1. The molecule has 0 radical (unpaired) electrons. The average Bonchev–Trinajstić information content (AvgIpc) is 3.59. The van der Waals surface area contributed by atoms with Crippen LogP contribution in [-0.4, -0.2) is 71.0 Å². The molecule has 1 aromatic heterocycles. The number of halogens is 3. The molecule has 3 aliphatic rings. The molecule has 3 atom stereocenters. The third-order valence-corrected chi connectivity index (χ3v) is 6.93. The quantitative estimate of drug-likeness (QED) is 0.693. The molecule has 2 aliphatic heterocycles. The number of hydrogen-bond donors (Lipinski definition) is 1. The van der Waals surface area contributed by atoms with Gasteiger partial charge in [-0.05, 0) is 37.6 Å². The molecule has 1 aromatic carbocycles. The number of benzene rings is 1. The Hall–Kier alpha value is -2.72. The summed E-state index contributed by atoms with van der Waals surface area (Å²) in [5, 5.41) is 2.97. The van der Waals surface area contributed by atoms with Crippen molar-refractivity contribution in [2.45, 2.75) is 49.5 Å². The van der Waals surface area contributed by atoms with Gasteiger partial charge >= 0.3 is 6.18 Å². The van der Waals surface area contributed by atoms with Crippen LogP contribution in [0, 0.1) is 0 Å². The highest BCUT2D eigenvalue weighted by Gasteiger charge is 2.40. The smallest absolute Gasteiger partial charge is 0.416 e. The largest absolute Gasteiger partial charge is 0.472 e. The Morgan fingerprint density at radius 2 is 1.88 bits per heavy atom. The normalized spacial score (nSPS) is 24.1. The van der Waals surface area contributed by atoms with Crippen molar-refractivity contribution in [2.24, 2.45) is 0 Å². The number of carbonyl (C=O) groups excluding carboxylic acids is 1. The number of carbonyl (C=O) groups is 1. The molecule has 182 valence electrons. The van der Waals surface area contributed by atoms with Crippen LogP contribution in [0.15, 0.2) is 36.7 Å². The van der Waals surface area contributed by atoms with Crippen LogP contribution in [0.5, 0.6) is 5.88 Å². The maximum absolute atomic E-state index is 13.2. The summed E-state index contributed by atoms with van der Waals surface area (Å²) in [7, 11) is 1.64. The highest BCUT2D eigenvalue weighted by molar-refractivity contribution is 5.83. The zero-order chi connectivity index (χ0) is 23.9. The van der Waals surface area contributed by atoms with Crippen molar-refractivity contribution in [1.82, 2.24) is 25.1 Å². The van der Waals surface area contributed by atoms with Crippen LogP contribution < -0.4 is 10.1 Å². The van der Waals surface area contributed by atoms with Crippen molar-refractivity contribution in [3.8, 4) is 5.88 Å². The van der Waals surface area contributed by atoms with Crippen LogP contribution in [0.3, 0.4) is 0 Å². The molecule has 7 nitrogen and oxygen atoms in total. The van der Waals surface area contributed by atoms with Gasteiger partial charge in [0.05, 0.1) is 23.7 Å². The van der Waals surface area contributed by atoms with Gasteiger partial charge in [-0.25, -0.2) is 4.98 Å². The molecule has 3 heterocycles. The van der Waals surface area contributed by atoms with Crippen LogP contribution in [0.2, 0.25) is 0 Å². The van der Waals surface area contributed by atoms with Crippen LogP contribution in [0.4, 0.5) is 13.2 Å². The summed E-state index contributed by atoms with van der Waals surface area (Å²) < 4.78 is 44.7. The van der Waals surface area contributed by atoms with Crippen LogP contribution in [0.1, 0.15) is 48.0 Å². The predicted molar refractivity (Wildman–Crippen MR) is 118 cm³/mol. The van der Waals surface area contributed by atoms with Gasteiger partial charge in [0.2, 0.25) is 11.8 Å². The van der Waals surface area contributed by atoms with E-state index in [-0.39, 0.29) is 18.1 Å². The van der Waals surface area contributed by atoms with E-state index in [1.54, 1.807) is 24.3 Å². The van der Waals surface area contributed by atoms with E-state index in [4.69, 9.17) is 4.74 Å². The molecule has 3 fully saturated rings. The lowest BCUT2D eigenvalue weighted by Crippen LogP contribution is -2.54. The fourth-order valence-electron chi connectivity index (χ4n) is 4.91. The molecule has 1 saturated carbocycles. The maximum Gasteiger partial charge on any atom is 0.416 e. The van der Waals surface area contributed by atoms with Gasteiger partial charge in [0.15, 0.2) is 0 Å². The number of hydrogen-bond acceptors (Lipinski definition) is 6.